The van der Waals surface area contributed by atoms with Crippen LogP contribution in [0.5, 0.6) is 5.75 Å². The smallest absolute Gasteiger partial charge is 0.251 e. The monoisotopic (exact) mass is 448 g/mol. The molecule has 0 fully saturated rings. The van der Waals surface area contributed by atoms with Gasteiger partial charge in [0.1, 0.15) is 23.7 Å². The van der Waals surface area contributed by atoms with Crippen LogP contribution >= 0.6 is 0 Å². The molecule has 8 heteroatoms. The van der Waals surface area contributed by atoms with E-state index in [0.29, 0.717) is 17.9 Å². The summed E-state index contributed by atoms with van der Waals surface area (Å²) in [5.74, 6) is 2.12. The van der Waals surface area contributed by atoms with Gasteiger partial charge in [0, 0.05) is 54.5 Å². The number of anilines is 2. The summed E-state index contributed by atoms with van der Waals surface area (Å²) in [7, 11) is 3.24. The van der Waals surface area contributed by atoms with Crippen molar-refractivity contribution in [3.05, 3.63) is 60.0 Å². The second-order valence-electron chi connectivity index (χ2n) is 8.01. The molecule has 33 heavy (non-hydrogen) atoms. The second-order valence-corrected chi connectivity index (χ2v) is 8.01. The summed E-state index contributed by atoms with van der Waals surface area (Å²) < 4.78 is 5.64. The van der Waals surface area contributed by atoms with Gasteiger partial charge in [-0.1, -0.05) is 19.9 Å². The number of hydrogen-bond donors (Lipinski definition) is 3. The van der Waals surface area contributed by atoms with Gasteiger partial charge in [0.25, 0.3) is 5.91 Å². The van der Waals surface area contributed by atoms with Gasteiger partial charge in [-0.25, -0.2) is 15.0 Å². The maximum atomic E-state index is 12.0. The molecular weight excluding hydrogens is 416 g/mol. The van der Waals surface area contributed by atoms with Gasteiger partial charge in [-0.2, -0.15) is 0 Å². The number of nitrogens with one attached hydrogen (secondary N) is 3. The lowest BCUT2D eigenvalue weighted by Gasteiger charge is -2.31. The van der Waals surface area contributed by atoms with Crippen LogP contribution in [0.25, 0.3) is 11.3 Å². The molecule has 8 nitrogen and oxygen atoms in total. The number of benzene rings is 1. The van der Waals surface area contributed by atoms with Crippen molar-refractivity contribution in [3.8, 4) is 17.0 Å². The molecule has 0 spiro atoms. The molecule has 0 saturated carbocycles. The maximum Gasteiger partial charge on any atom is 0.251 e. The fraction of sp³-hybridized carbons (Fsp3) is 0.360. The van der Waals surface area contributed by atoms with Crippen molar-refractivity contribution in [1.29, 1.82) is 0 Å². The fourth-order valence-electron chi connectivity index (χ4n) is 3.61. The van der Waals surface area contributed by atoms with Crippen LogP contribution in [0.1, 0.15) is 43.1 Å². The lowest BCUT2D eigenvalue weighted by Crippen LogP contribution is -2.31. The molecule has 0 aliphatic heterocycles. The van der Waals surface area contributed by atoms with Crippen molar-refractivity contribution in [2.24, 2.45) is 0 Å². The summed E-state index contributed by atoms with van der Waals surface area (Å²) in [6.07, 6.45) is 4.22. The summed E-state index contributed by atoms with van der Waals surface area (Å²) in [6, 6.07) is 11.4. The number of pyridine rings is 1. The number of rotatable bonds is 10. The number of carbonyl (C=O) groups is 1. The first-order chi connectivity index (χ1) is 15.9. The molecule has 174 valence electrons. The molecule has 0 unspecified atom stereocenters. The van der Waals surface area contributed by atoms with Gasteiger partial charge in [0.2, 0.25) is 0 Å². The van der Waals surface area contributed by atoms with Crippen LogP contribution in [0, 0.1) is 0 Å². The average molecular weight is 449 g/mol. The third-order valence-electron chi connectivity index (χ3n) is 5.87. The predicted octanol–water partition coefficient (Wildman–Crippen LogP) is 4.12. The Morgan fingerprint density at radius 2 is 1.85 bits per heavy atom. The van der Waals surface area contributed by atoms with E-state index in [1.54, 1.807) is 32.7 Å². The molecule has 0 radical (unpaired) electrons. The SMILES string of the molecule is CCNc1ccc(-c2cc(NC[C@@](C)(CC)c3ccc(C(=O)NC)cc3OC)ncn2)cn1. The number of nitrogens with zero attached hydrogens (tertiary/aromatic N) is 3. The van der Waals surface area contributed by atoms with E-state index in [1.807, 2.05) is 37.3 Å². The lowest BCUT2D eigenvalue weighted by atomic mass is 9.79. The largest absolute Gasteiger partial charge is 0.496 e. The Morgan fingerprint density at radius 1 is 1.03 bits per heavy atom. The zero-order valence-electron chi connectivity index (χ0n) is 19.9. The fourth-order valence-corrected chi connectivity index (χ4v) is 3.61. The van der Waals surface area contributed by atoms with Gasteiger partial charge in [-0.3, -0.25) is 4.79 Å². The third-order valence-corrected chi connectivity index (χ3v) is 5.87. The second kappa shape index (κ2) is 10.8. The highest BCUT2D eigenvalue weighted by molar-refractivity contribution is 5.94. The molecule has 0 aliphatic carbocycles. The van der Waals surface area contributed by atoms with Crippen LogP contribution < -0.4 is 20.7 Å². The van der Waals surface area contributed by atoms with Crippen LogP contribution in [0.15, 0.2) is 48.9 Å². The van der Waals surface area contributed by atoms with Crippen LogP contribution in [-0.4, -0.2) is 48.1 Å². The van der Waals surface area contributed by atoms with E-state index in [2.05, 4.69) is 44.7 Å². The number of carbonyl (C=O) groups excluding carboxylic acids is 1. The average Bonchev–Trinajstić information content (AvgIpc) is 2.87. The molecule has 3 N–H and O–H groups in total. The number of aromatic nitrogens is 3. The van der Waals surface area contributed by atoms with Crippen molar-refractivity contribution < 1.29 is 9.53 Å². The summed E-state index contributed by atoms with van der Waals surface area (Å²) in [6.45, 7) is 7.80. The van der Waals surface area contributed by atoms with Gasteiger partial charge in [-0.05, 0) is 37.6 Å². The molecule has 0 bridgehead atoms. The summed E-state index contributed by atoms with van der Waals surface area (Å²) in [4.78, 5) is 25.2. The number of methoxy groups -OCH3 is 1. The molecular formula is C25H32N6O2. The minimum absolute atomic E-state index is 0.141. The van der Waals surface area contributed by atoms with Gasteiger partial charge in [0.15, 0.2) is 0 Å². The van der Waals surface area contributed by atoms with E-state index >= 15 is 0 Å². The molecule has 2 aromatic heterocycles. The zero-order chi connectivity index (χ0) is 23.8. The molecule has 2 heterocycles. The van der Waals surface area contributed by atoms with Crippen molar-refractivity contribution in [2.45, 2.75) is 32.6 Å². The van der Waals surface area contributed by atoms with Crippen molar-refractivity contribution >= 4 is 17.5 Å². The highest BCUT2D eigenvalue weighted by Crippen LogP contribution is 2.35. The summed E-state index contributed by atoms with van der Waals surface area (Å²) in [5, 5.41) is 9.30. The molecule has 1 amide bonds. The van der Waals surface area contributed by atoms with E-state index in [0.717, 1.165) is 41.4 Å². The number of ether oxygens (including phenoxy) is 1. The molecule has 1 atom stereocenters. The van der Waals surface area contributed by atoms with Crippen molar-refractivity contribution in [3.63, 3.8) is 0 Å². The zero-order valence-corrected chi connectivity index (χ0v) is 19.9. The Kier molecular flexibility index (Phi) is 7.82. The standard InChI is InChI=1S/C25H32N6O2/c1-6-25(3,19-10-8-17(24(32)26-4)12-21(19)33-5)15-29-23-13-20(30-16-31-23)18-9-11-22(27-7-2)28-14-18/h8-14,16H,6-7,15H2,1-5H3,(H,26,32)(H,27,28)(H,29,30,31)/t25-/m1/s1. The van der Waals surface area contributed by atoms with Crippen LogP contribution in [-0.2, 0) is 5.41 Å². The lowest BCUT2D eigenvalue weighted by molar-refractivity contribution is 0.0962. The normalized spacial score (nSPS) is 12.5. The van der Waals surface area contributed by atoms with E-state index in [1.165, 1.54) is 0 Å². The Hall–Kier alpha value is -3.68. The van der Waals surface area contributed by atoms with Gasteiger partial charge in [-0.15, -0.1) is 0 Å². The molecule has 0 saturated heterocycles. The molecule has 1 aromatic carbocycles. The Balaban J connectivity index is 1.80. The first kappa shape index (κ1) is 24.0. The predicted molar refractivity (Wildman–Crippen MR) is 132 cm³/mol. The first-order valence-electron chi connectivity index (χ1n) is 11.1. The van der Waals surface area contributed by atoms with E-state index in [4.69, 9.17) is 4.74 Å². The maximum absolute atomic E-state index is 12.0. The van der Waals surface area contributed by atoms with Crippen LogP contribution in [0.4, 0.5) is 11.6 Å². The highest BCUT2D eigenvalue weighted by atomic mass is 16.5. The molecule has 3 rings (SSSR count). The van der Waals surface area contributed by atoms with Crippen molar-refractivity contribution in [1.82, 2.24) is 20.3 Å². The van der Waals surface area contributed by atoms with Gasteiger partial charge < -0.3 is 20.7 Å². The van der Waals surface area contributed by atoms with Crippen LogP contribution in [0.3, 0.4) is 0 Å². The minimum Gasteiger partial charge on any atom is -0.496 e. The summed E-state index contributed by atoms with van der Waals surface area (Å²) in [5.41, 5.74) is 3.08. The van der Waals surface area contributed by atoms with Gasteiger partial charge in [0.05, 0.1) is 12.8 Å². The summed E-state index contributed by atoms with van der Waals surface area (Å²) >= 11 is 0. The van der Waals surface area contributed by atoms with E-state index in [9.17, 15) is 4.79 Å². The third kappa shape index (κ3) is 5.58. The topological polar surface area (TPSA) is 101 Å². The number of amides is 1. The quantitative estimate of drug-likeness (QED) is 0.429. The Morgan fingerprint density at radius 3 is 2.48 bits per heavy atom. The Labute approximate surface area is 195 Å². The Bertz CT molecular complexity index is 1090. The van der Waals surface area contributed by atoms with E-state index in [-0.39, 0.29) is 11.3 Å². The highest BCUT2D eigenvalue weighted by Gasteiger charge is 2.28. The number of hydrogen-bond acceptors (Lipinski definition) is 7. The molecule has 0 aliphatic rings. The minimum atomic E-state index is -0.243. The van der Waals surface area contributed by atoms with Crippen LogP contribution in [0.2, 0.25) is 0 Å². The first-order valence-corrected chi connectivity index (χ1v) is 11.1. The molecule has 3 aromatic rings. The van der Waals surface area contributed by atoms with Crippen molar-refractivity contribution in [2.75, 3.05) is 37.9 Å². The van der Waals surface area contributed by atoms with Gasteiger partial charge >= 0.3 is 0 Å². The van der Waals surface area contributed by atoms with E-state index < -0.39 is 0 Å².